The van der Waals surface area contributed by atoms with E-state index in [0.29, 0.717) is 12.2 Å². The molecule has 1 aromatic carbocycles. The highest BCUT2D eigenvalue weighted by Crippen LogP contribution is 2.38. The molecule has 1 saturated heterocycles. The molecule has 0 spiro atoms. The molecule has 1 aromatic heterocycles. The highest BCUT2D eigenvalue weighted by atomic mass is 19.1. The first-order valence-electron chi connectivity index (χ1n) is 8.58. The third kappa shape index (κ3) is 3.84. The fourth-order valence-electron chi connectivity index (χ4n) is 2.65. The zero-order valence-electron chi connectivity index (χ0n) is 15.8. The van der Waals surface area contributed by atoms with Gasteiger partial charge in [0, 0.05) is 12.7 Å². The Kier molecular flexibility index (Phi) is 4.95. The van der Waals surface area contributed by atoms with Crippen molar-refractivity contribution >= 4 is 13.2 Å². The number of methoxy groups -OCH3 is 1. The molecule has 0 bridgehead atoms. The molecule has 0 amide bonds. The summed E-state index contributed by atoms with van der Waals surface area (Å²) in [5.74, 6) is 0.812. The third-order valence-electron chi connectivity index (χ3n) is 4.94. The molecular formula is C19H24BFN2O3. The van der Waals surface area contributed by atoms with Crippen molar-refractivity contribution in [1.29, 1.82) is 0 Å². The van der Waals surface area contributed by atoms with E-state index in [1.807, 2.05) is 56.5 Å². The van der Waals surface area contributed by atoms with E-state index >= 15 is 0 Å². The molecule has 0 N–H and O–H groups in total. The van der Waals surface area contributed by atoms with Gasteiger partial charge >= 0.3 is 7.12 Å². The summed E-state index contributed by atoms with van der Waals surface area (Å²) in [6, 6.07) is 7.79. The topological polar surface area (TPSA) is 45.5 Å². The van der Waals surface area contributed by atoms with Gasteiger partial charge in [0.2, 0.25) is 0 Å². The van der Waals surface area contributed by atoms with Gasteiger partial charge in [0.25, 0.3) is 0 Å². The molecule has 0 unspecified atom stereocenters. The lowest BCUT2D eigenvalue weighted by atomic mass is 9.87. The molecule has 0 atom stereocenters. The van der Waals surface area contributed by atoms with Gasteiger partial charge in [0.15, 0.2) is 0 Å². The molecule has 3 rings (SSSR count). The van der Waals surface area contributed by atoms with Crippen LogP contribution in [0.1, 0.15) is 39.0 Å². The lowest BCUT2D eigenvalue weighted by Crippen LogP contribution is -2.41. The molecule has 2 heterocycles. The van der Waals surface area contributed by atoms with Crippen molar-refractivity contribution in [3.05, 3.63) is 53.8 Å². The van der Waals surface area contributed by atoms with E-state index in [2.05, 4.69) is 4.98 Å². The second kappa shape index (κ2) is 6.89. The van der Waals surface area contributed by atoms with Crippen molar-refractivity contribution in [3.63, 3.8) is 0 Å². The molecule has 1 fully saturated rings. The summed E-state index contributed by atoms with van der Waals surface area (Å²) in [5, 5.41) is 0. The number of aromatic nitrogens is 2. The minimum atomic E-state index is -1.01. The quantitative estimate of drug-likeness (QED) is 0.761. The molecule has 2 aromatic rings. The molecule has 138 valence electrons. The number of hydrogen-bond donors (Lipinski definition) is 0. The van der Waals surface area contributed by atoms with Crippen LogP contribution in [0.5, 0.6) is 5.75 Å². The SMILES string of the molecule is COc1ccc(Cn2cnc(C=C(F)B3OC(C)(C)C(C)(C)O3)c2)cc1. The fourth-order valence-corrected chi connectivity index (χ4v) is 2.65. The van der Waals surface area contributed by atoms with Crippen LogP contribution in [-0.4, -0.2) is 35.0 Å². The Hall–Kier alpha value is -2.12. The maximum atomic E-state index is 14.5. The molecule has 5 nitrogen and oxygen atoms in total. The van der Waals surface area contributed by atoms with Gasteiger partial charge in [-0.2, -0.15) is 0 Å². The van der Waals surface area contributed by atoms with Gasteiger partial charge in [-0.25, -0.2) is 9.37 Å². The summed E-state index contributed by atoms with van der Waals surface area (Å²) in [6.07, 6.45) is 4.81. The first-order chi connectivity index (χ1) is 12.2. The van der Waals surface area contributed by atoms with Crippen molar-refractivity contribution in [1.82, 2.24) is 9.55 Å². The predicted octanol–water partition coefficient (Wildman–Crippen LogP) is 3.88. The number of imidazole rings is 1. The molecule has 7 heteroatoms. The Bertz CT molecular complexity index is 783. The van der Waals surface area contributed by atoms with Crippen LogP contribution >= 0.6 is 0 Å². The molecule has 1 aliphatic heterocycles. The molecule has 26 heavy (non-hydrogen) atoms. The van der Waals surface area contributed by atoms with Crippen molar-refractivity contribution in [2.75, 3.05) is 7.11 Å². The number of hydrogen-bond acceptors (Lipinski definition) is 4. The molecule has 0 aliphatic carbocycles. The molecular weight excluding hydrogens is 334 g/mol. The standard InChI is InChI=1S/C19H24BFN2O3/c1-18(2)19(3,4)26-20(25-18)17(21)10-15-12-23(13-22-15)11-14-6-8-16(24-5)9-7-14/h6-10,12-13H,11H2,1-5H3. The molecule has 0 saturated carbocycles. The van der Waals surface area contributed by atoms with Gasteiger partial charge in [-0.15, -0.1) is 0 Å². The maximum absolute atomic E-state index is 14.5. The highest BCUT2D eigenvalue weighted by molar-refractivity contribution is 6.54. The monoisotopic (exact) mass is 358 g/mol. The Morgan fingerprint density at radius 2 is 1.81 bits per heavy atom. The van der Waals surface area contributed by atoms with Crippen LogP contribution in [-0.2, 0) is 15.9 Å². The summed E-state index contributed by atoms with van der Waals surface area (Å²) >= 11 is 0. The van der Waals surface area contributed by atoms with E-state index < -0.39 is 24.0 Å². The van der Waals surface area contributed by atoms with E-state index in [4.69, 9.17) is 14.0 Å². The van der Waals surface area contributed by atoms with Crippen LogP contribution in [0.4, 0.5) is 4.39 Å². The Morgan fingerprint density at radius 1 is 1.19 bits per heavy atom. The zero-order chi connectivity index (χ0) is 18.9. The maximum Gasteiger partial charge on any atom is 0.525 e. The lowest BCUT2D eigenvalue weighted by Gasteiger charge is -2.32. The van der Waals surface area contributed by atoms with E-state index in [1.54, 1.807) is 19.6 Å². The van der Waals surface area contributed by atoms with Crippen LogP contribution < -0.4 is 4.74 Å². The summed E-state index contributed by atoms with van der Waals surface area (Å²) < 4.78 is 33.0. The number of ether oxygens (including phenoxy) is 1. The van der Waals surface area contributed by atoms with Crippen LogP contribution in [0.3, 0.4) is 0 Å². The summed E-state index contributed by atoms with van der Waals surface area (Å²) in [7, 11) is 0.629. The van der Waals surface area contributed by atoms with Crippen molar-refractivity contribution in [2.45, 2.75) is 45.4 Å². The van der Waals surface area contributed by atoms with Crippen LogP contribution in [0.2, 0.25) is 0 Å². The van der Waals surface area contributed by atoms with E-state index in [9.17, 15) is 4.39 Å². The highest BCUT2D eigenvalue weighted by Gasteiger charge is 2.53. The van der Waals surface area contributed by atoms with Gasteiger partial charge in [-0.05, 0) is 51.5 Å². The number of rotatable bonds is 5. The van der Waals surface area contributed by atoms with E-state index in [-0.39, 0.29) is 0 Å². The average Bonchev–Trinajstić information content (AvgIpc) is 3.09. The lowest BCUT2D eigenvalue weighted by molar-refractivity contribution is 0.00578. The third-order valence-corrected chi connectivity index (χ3v) is 4.94. The van der Waals surface area contributed by atoms with Crippen LogP contribution in [0.15, 0.2) is 42.5 Å². The number of halogens is 1. The first-order valence-corrected chi connectivity index (χ1v) is 8.58. The van der Waals surface area contributed by atoms with Crippen LogP contribution in [0, 0.1) is 0 Å². The fraction of sp³-hybridized carbons (Fsp3) is 0.421. The van der Waals surface area contributed by atoms with Gasteiger partial charge in [-0.3, -0.25) is 0 Å². The molecule has 0 radical (unpaired) electrons. The second-order valence-electron chi connectivity index (χ2n) is 7.44. The van der Waals surface area contributed by atoms with Gasteiger partial charge in [0.05, 0.1) is 30.3 Å². The van der Waals surface area contributed by atoms with Crippen LogP contribution in [0.25, 0.3) is 6.08 Å². The minimum absolute atomic E-state index is 0.488. The Balaban J connectivity index is 1.68. The minimum Gasteiger partial charge on any atom is -0.497 e. The average molecular weight is 358 g/mol. The van der Waals surface area contributed by atoms with E-state index in [0.717, 1.165) is 11.3 Å². The van der Waals surface area contributed by atoms with Gasteiger partial charge in [-0.1, -0.05) is 12.1 Å². The molecule has 1 aliphatic rings. The summed E-state index contributed by atoms with van der Waals surface area (Å²) in [4.78, 5) is 4.24. The van der Waals surface area contributed by atoms with Crippen molar-refractivity contribution in [3.8, 4) is 5.75 Å². The number of nitrogens with zero attached hydrogens (tertiary/aromatic N) is 2. The predicted molar refractivity (Wildman–Crippen MR) is 99.5 cm³/mol. The second-order valence-corrected chi connectivity index (χ2v) is 7.44. The summed E-state index contributed by atoms with van der Waals surface area (Å²) in [5.41, 5.74) is -0.0121. The van der Waals surface area contributed by atoms with Crippen molar-refractivity contribution in [2.24, 2.45) is 0 Å². The first kappa shape index (κ1) is 18.7. The normalized spacial score (nSPS) is 19.0. The Morgan fingerprint density at radius 3 is 2.38 bits per heavy atom. The zero-order valence-corrected chi connectivity index (χ0v) is 15.8. The van der Waals surface area contributed by atoms with Crippen molar-refractivity contribution < 1.29 is 18.4 Å². The Labute approximate surface area is 153 Å². The largest absolute Gasteiger partial charge is 0.525 e. The number of benzene rings is 1. The van der Waals surface area contributed by atoms with Gasteiger partial charge < -0.3 is 18.6 Å². The van der Waals surface area contributed by atoms with Gasteiger partial charge in [0.1, 0.15) is 11.5 Å². The van der Waals surface area contributed by atoms with E-state index in [1.165, 1.54) is 6.08 Å². The summed E-state index contributed by atoms with van der Waals surface area (Å²) in [6.45, 7) is 8.21. The smallest absolute Gasteiger partial charge is 0.497 e.